The average Bonchev–Trinajstić information content (AvgIpc) is 3.13. The number of hydrogen-bond acceptors (Lipinski definition) is 3. The number of carbonyl (C=O) groups is 1. The minimum Gasteiger partial charge on any atom is -0.384 e. The molecule has 0 aliphatic heterocycles. The molecule has 0 spiro atoms. The lowest BCUT2D eigenvalue weighted by Crippen LogP contribution is -2.25. The number of nitrogens with one attached hydrogen (secondary N) is 2. The number of carbonyl (C=O) groups excluding carboxylic acids is 1. The van der Waals surface area contributed by atoms with Gasteiger partial charge in [-0.2, -0.15) is 0 Å². The van der Waals surface area contributed by atoms with Crippen molar-refractivity contribution in [3.8, 4) is 0 Å². The Labute approximate surface area is 108 Å². The standard InChI is InChI=1S/C14H21N3O/c1-10(2)5-6-16-13-7-11(8-15-9-13)14(18)17-12-3-4-12/h7-10,12,16H,3-6H2,1-2H3,(H,17,18). The van der Waals surface area contributed by atoms with Gasteiger partial charge in [0.1, 0.15) is 0 Å². The minimum absolute atomic E-state index is 0.0162. The molecule has 1 amide bonds. The second-order valence-corrected chi connectivity index (χ2v) is 5.32. The molecule has 2 N–H and O–H groups in total. The van der Waals surface area contributed by atoms with Crippen molar-refractivity contribution in [3.63, 3.8) is 0 Å². The van der Waals surface area contributed by atoms with Crippen molar-refractivity contribution in [1.82, 2.24) is 10.3 Å². The molecule has 1 aliphatic rings. The van der Waals surface area contributed by atoms with Crippen LogP contribution in [0, 0.1) is 5.92 Å². The van der Waals surface area contributed by atoms with Crippen LogP contribution in [0.5, 0.6) is 0 Å². The fourth-order valence-corrected chi connectivity index (χ4v) is 1.66. The average molecular weight is 247 g/mol. The van der Waals surface area contributed by atoms with Crippen molar-refractivity contribution in [2.24, 2.45) is 5.92 Å². The van der Waals surface area contributed by atoms with E-state index in [1.54, 1.807) is 12.4 Å². The summed E-state index contributed by atoms with van der Waals surface area (Å²) >= 11 is 0. The van der Waals surface area contributed by atoms with Crippen LogP contribution in [0.2, 0.25) is 0 Å². The van der Waals surface area contributed by atoms with Gasteiger partial charge in [-0.3, -0.25) is 9.78 Å². The molecule has 1 aromatic heterocycles. The molecule has 1 saturated carbocycles. The van der Waals surface area contributed by atoms with Crippen LogP contribution in [-0.2, 0) is 0 Å². The molecule has 2 rings (SSSR count). The van der Waals surface area contributed by atoms with E-state index in [9.17, 15) is 4.79 Å². The molecule has 4 heteroatoms. The molecule has 1 aromatic rings. The Morgan fingerprint density at radius 1 is 1.44 bits per heavy atom. The van der Waals surface area contributed by atoms with Gasteiger partial charge in [0, 0.05) is 25.0 Å². The topological polar surface area (TPSA) is 54.0 Å². The van der Waals surface area contributed by atoms with E-state index in [1.165, 1.54) is 0 Å². The molecular formula is C14H21N3O. The molecule has 0 aromatic carbocycles. The number of pyridine rings is 1. The largest absolute Gasteiger partial charge is 0.384 e. The fourth-order valence-electron chi connectivity index (χ4n) is 1.66. The monoisotopic (exact) mass is 247 g/mol. The summed E-state index contributed by atoms with van der Waals surface area (Å²) < 4.78 is 0. The van der Waals surface area contributed by atoms with Crippen molar-refractivity contribution in [2.45, 2.75) is 39.2 Å². The Hall–Kier alpha value is -1.58. The number of amides is 1. The Morgan fingerprint density at radius 2 is 2.22 bits per heavy atom. The van der Waals surface area contributed by atoms with Gasteiger partial charge >= 0.3 is 0 Å². The second-order valence-electron chi connectivity index (χ2n) is 5.32. The molecule has 0 unspecified atom stereocenters. The zero-order valence-corrected chi connectivity index (χ0v) is 11.1. The summed E-state index contributed by atoms with van der Waals surface area (Å²) in [5, 5.41) is 6.26. The first-order chi connectivity index (χ1) is 8.65. The normalized spacial score (nSPS) is 14.6. The van der Waals surface area contributed by atoms with Crippen molar-refractivity contribution in [2.75, 3.05) is 11.9 Å². The molecule has 4 nitrogen and oxygen atoms in total. The van der Waals surface area contributed by atoms with Crippen LogP contribution in [0.25, 0.3) is 0 Å². The van der Waals surface area contributed by atoms with Crippen LogP contribution < -0.4 is 10.6 Å². The predicted octanol–water partition coefficient (Wildman–Crippen LogP) is 2.43. The van der Waals surface area contributed by atoms with Crippen molar-refractivity contribution in [3.05, 3.63) is 24.0 Å². The molecule has 0 atom stereocenters. The maximum atomic E-state index is 11.9. The van der Waals surface area contributed by atoms with Crippen molar-refractivity contribution in [1.29, 1.82) is 0 Å². The highest BCUT2D eigenvalue weighted by molar-refractivity contribution is 5.95. The summed E-state index contributed by atoms with van der Waals surface area (Å²) in [7, 11) is 0. The van der Waals surface area contributed by atoms with Crippen LogP contribution in [0.4, 0.5) is 5.69 Å². The summed E-state index contributed by atoms with van der Waals surface area (Å²) in [6.45, 7) is 5.30. The van der Waals surface area contributed by atoms with Gasteiger partial charge in [0.2, 0.25) is 0 Å². The SMILES string of the molecule is CC(C)CCNc1cncc(C(=O)NC2CC2)c1. The second kappa shape index (κ2) is 5.85. The summed E-state index contributed by atoms with van der Waals surface area (Å²) in [4.78, 5) is 16.0. The smallest absolute Gasteiger partial charge is 0.253 e. The maximum Gasteiger partial charge on any atom is 0.253 e. The lowest BCUT2D eigenvalue weighted by molar-refractivity contribution is 0.0951. The number of anilines is 1. The summed E-state index contributed by atoms with van der Waals surface area (Å²) in [5.74, 6) is 0.657. The van der Waals surface area contributed by atoms with Crippen LogP contribution in [0.3, 0.4) is 0 Å². The van der Waals surface area contributed by atoms with Gasteiger partial charge in [0.25, 0.3) is 5.91 Å². The van der Waals surface area contributed by atoms with E-state index < -0.39 is 0 Å². The highest BCUT2D eigenvalue weighted by atomic mass is 16.1. The van der Waals surface area contributed by atoms with Crippen molar-refractivity contribution < 1.29 is 4.79 Å². The Kier molecular flexibility index (Phi) is 4.18. The van der Waals surface area contributed by atoms with Crippen LogP contribution in [0.15, 0.2) is 18.5 Å². The quantitative estimate of drug-likeness (QED) is 0.811. The molecule has 0 saturated heterocycles. The van der Waals surface area contributed by atoms with Gasteiger partial charge in [-0.1, -0.05) is 13.8 Å². The number of rotatable bonds is 6. The van der Waals surface area contributed by atoms with Gasteiger partial charge in [-0.05, 0) is 31.2 Å². The van der Waals surface area contributed by atoms with Crippen LogP contribution in [-0.4, -0.2) is 23.5 Å². The molecule has 1 heterocycles. The van der Waals surface area contributed by atoms with Crippen molar-refractivity contribution >= 4 is 11.6 Å². The van der Waals surface area contributed by atoms with E-state index in [-0.39, 0.29) is 5.91 Å². The third-order valence-corrected chi connectivity index (χ3v) is 2.96. The van der Waals surface area contributed by atoms with Crippen LogP contribution in [0.1, 0.15) is 43.5 Å². The highest BCUT2D eigenvalue weighted by Crippen LogP contribution is 2.19. The first-order valence-electron chi connectivity index (χ1n) is 6.65. The van der Waals surface area contributed by atoms with Crippen LogP contribution >= 0.6 is 0 Å². The number of aromatic nitrogens is 1. The Bertz CT molecular complexity index is 413. The van der Waals surface area contributed by atoms with E-state index in [1.807, 2.05) is 6.07 Å². The van der Waals surface area contributed by atoms with Gasteiger partial charge in [0.15, 0.2) is 0 Å². The molecule has 1 fully saturated rings. The summed E-state index contributed by atoms with van der Waals surface area (Å²) in [6, 6.07) is 2.25. The first kappa shape index (κ1) is 12.9. The van der Waals surface area contributed by atoms with Gasteiger partial charge in [-0.15, -0.1) is 0 Å². The van der Waals surface area contributed by atoms with E-state index in [0.717, 1.165) is 31.5 Å². The van der Waals surface area contributed by atoms with E-state index in [2.05, 4.69) is 29.5 Å². The molecule has 18 heavy (non-hydrogen) atoms. The number of hydrogen-bond donors (Lipinski definition) is 2. The van der Waals surface area contributed by atoms with Gasteiger partial charge < -0.3 is 10.6 Å². The first-order valence-corrected chi connectivity index (χ1v) is 6.65. The zero-order chi connectivity index (χ0) is 13.0. The molecule has 1 aliphatic carbocycles. The minimum atomic E-state index is -0.0162. The molecule has 0 bridgehead atoms. The van der Waals surface area contributed by atoms with Gasteiger partial charge in [0.05, 0.1) is 11.3 Å². The molecule has 0 radical (unpaired) electrons. The van der Waals surface area contributed by atoms with E-state index >= 15 is 0 Å². The lowest BCUT2D eigenvalue weighted by atomic mass is 10.1. The Morgan fingerprint density at radius 3 is 2.89 bits per heavy atom. The van der Waals surface area contributed by atoms with Gasteiger partial charge in [-0.25, -0.2) is 0 Å². The maximum absolute atomic E-state index is 11.9. The lowest BCUT2D eigenvalue weighted by Gasteiger charge is -2.09. The molecule has 98 valence electrons. The summed E-state index contributed by atoms with van der Waals surface area (Å²) in [6.07, 6.45) is 6.69. The van der Waals surface area contributed by atoms with E-state index in [4.69, 9.17) is 0 Å². The third kappa shape index (κ3) is 4.02. The van der Waals surface area contributed by atoms with E-state index in [0.29, 0.717) is 17.5 Å². The Balaban J connectivity index is 1.89. The fraction of sp³-hybridized carbons (Fsp3) is 0.571. The summed E-state index contributed by atoms with van der Waals surface area (Å²) in [5.41, 5.74) is 1.55. The predicted molar refractivity (Wildman–Crippen MR) is 72.7 cm³/mol. The highest BCUT2D eigenvalue weighted by Gasteiger charge is 2.23. The zero-order valence-electron chi connectivity index (χ0n) is 11.1. The number of nitrogens with zero attached hydrogens (tertiary/aromatic N) is 1. The molecular weight excluding hydrogens is 226 g/mol. The third-order valence-electron chi connectivity index (χ3n) is 2.96.